The first kappa shape index (κ1) is 16.2. The monoisotopic (exact) mass is 269 g/mol. The molecule has 0 amide bonds. The molecule has 0 heterocycles. The summed E-state index contributed by atoms with van der Waals surface area (Å²) in [5.41, 5.74) is 12.5. The van der Waals surface area contributed by atoms with Crippen LogP contribution in [-0.4, -0.2) is 37.5 Å². The Morgan fingerprint density at radius 2 is 1.83 bits per heavy atom. The molecule has 0 radical (unpaired) electrons. The summed E-state index contributed by atoms with van der Waals surface area (Å²) < 4.78 is 0. The minimum Gasteiger partial charge on any atom is -0.369 e. The van der Waals surface area contributed by atoms with Gasteiger partial charge in [-0.05, 0) is 12.0 Å². The molecule has 100 valence electrons. The fraction of sp³-hybridized carbons (Fsp3) is 0.333. The van der Waals surface area contributed by atoms with Crippen LogP contribution < -0.4 is 11.5 Å². The fourth-order valence-corrected chi connectivity index (χ4v) is 1.31. The van der Waals surface area contributed by atoms with Crippen molar-refractivity contribution in [2.24, 2.45) is 21.5 Å². The lowest BCUT2D eigenvalue weighted by atomic mass is 10.1. The molecule has 6 heteroatoms. The number of nitrogens with zero attached hydrogens (tertiary/aromatic N) is 3. The number of aliphatic imine (C=N–C) groups is 2. The molecular formula is C12H20ClN5. The Bertz CT molecular complexity index is 402. The quantitative estimate of drug-likeness (QED) is 0.630. The highest BCUT2D eigenvalue weighted by molar-refractivity contribution is 5.93. The molecule has 0 unspecified atom stereocenters. The summed E-state index contributed by atoms with van der Waals surface area (Å²) in [6, 6.07) is 10.2. The van der Waals surface area contributed by atoms with Gasteiger partial charge in [0.15, 0.2) is 5.96 Å². The van der Waals surface area contributed by atoms with Crippen LogP contribution in [0.25, 0.3) is 0 Å². The average Bonchev–Trinajstić information content (AvgIpc) is 2.36. The second-order valence-electron chi connectivity index (χ2n) is 3.71. The van der Waals surface area contributed by atoms with Crippen molar-refractivity contribution in [2.45, 2.75) is 6.42 Å². The van der Waals surface area contributed by atoms with Crippen LogP contribution in [0.5, 0.6) is 0 Å². The zero-order chi connectivity index (χ0) is 12.7. The summed E-state index contributed by atoms with van der Waals surface area (Å²) in [5.74, 6) is 0.568. The second kappa shape index (κ2) is 8.36. The van der Waals surface area contributed by atoms with Crippen LogP contribution in [0.3, 0.4) is 0 Å². The summed E-state index contributed by atoms with van der Waals surface area (Å²) in [6.07, 6.45) is 0.913. The zero-order valence-electron chi connectivity index (χ0n) is 10.7. The van der Waals surface area contributed by atoms with Gasteiger partial charge in [0.25, 0.3) is 0 Å². The van der Waals surface area contributed by atoms with Gasteiger partial charge in [-0.25, -0.2) is 0 Å². The molecule has 0 aliphatic carbocycles. The predicted octanol–water partition coefficient (Wildman–Crippen LogP) is 0.842. The van der Waals surface area contributed by atoms with E-state index in [4.69, 9.17) is 11.5 Å². The molecule has 0 aromatic heterocycles. The number of benzene rings is 1. The maximum atomic E-state index is 5.77. The third-order valence-corrected chi connectivity index (χ3v) is 2.43. The minimum atomic E-state index is 0. The third-order valence-electron chi connectivity index (χ3n) is 2.43. The maximum absolute atomic E-state index is 5.77. The Morgan fingerprint density at radius 3 is 2.39 bits per heavy atom. The number of hydrogen-bond acceptors (Lipinski definition) is 1. The van der Waals surface area contributed by atoms with Crippen molar-refractivity contribution in [2.75, 3.05) is 20.6 Å². The van der Waals surface area contributed by atoms with Gasteiger partial charge in [0.1, 0.15) is 0 Å². The molecule has 4 N–H and O–H groups in total. The van der Waals surface area contributed by atoms with E-state index in [1.165, 1.54) is 5.56 Å². The third kappa shape index (κ3) is 5.54. The zero-order valence-corrected chi connectivity index (χ0v) is 11.5. The van der Waals surface area contributed by atoms with Gasteiger partial charge >= 0.3 is 0 Å². The number of guanidine groups is 2. The van der Waals surface area contributed by atoms with Gasteiger partial charge in [-0.2, -0.15) is 4.99 Å². The largest absolute Gasteiger partial charge is 0.369 e. The van der Waals surface area contributed by atoms with E-state index in [0.29, 0.717) is 5.96 Å². The summed E-state index contributed by atoms with van der Waals surface area (Å²) in [4.78, 5) is 9.54. The molecule has 18 heavy (non-hydrogen) atoms. The Kier molecular flexibility index (Phi) is 7.54. The van der Waals surface area contributed by atoms with Crippen LogP contribution in [0.2, 0.25) is 0 Å². The number of hydrogen-bond donors (Lipinski definition) is 2. The van der Waals surface area contributed by atoms with E-state index in [9.17, 15) is 0 Å². The maximum Gasteiger partial charge on any atom is 0.218 e. The fourth-order valence-electron chi connectivity index (χ4n) is 1.31. The van der Waals surface area contributed by atoms with E-state index in [2.05, 4.69) is 22.1 Å². The minimum absolute atomic E-state index is 0. The van der Waals surface area contributed by atoms with Crippen molar-refractivity contribution in [1.29, 1.82) is 0 Å². The molecule has 0 spiro atoms. The van der Waals surface area contributed by atoms with Gasteiger partial charge in [-0.1, -0.05) is 30.3 Å². The number of rotatable bonds is 3. The van der Waals surface area contributed by atoms with Crippen molar-refractivity contribution >= 4 is 24.3 Å². The Hall–Kier alpha value is -1.75. The molecule has 0 aliphatic heterocycles. The molecule has 1 aromatic rings. The Balaban J connectivity index is 0.00000289. The van der Waals surface area contributed by atoms with Gasteiger partial charge < -0.3 is 16.4 Å². The molecule has 0 fully saturated rings. The van der Waals surface area contributed by atoms with Crippen LogP contribution in [0.15, 0.2) is 40.3 Å². The Morgan fingerprint density at radius 1 is 1.22 bits per heavy atom. The molecule has 0 saturated heterocycles. The van der Waals surface area contributed by atoms with Gasteiger partial charge in [0, 0.05) is 20.6 Å². The molecule has 0 aliphatic rings. The molecule has 0 atom stereocenters. The molecule has 0 bridgehead atoms. The van der Waals surface area contributed by atoms with Crippen molar-refractivity contribution in [3.63, 3.8) is 0 Å². The Labute approximate surface area is 114 Å². The highest BCUT2D eigenvalue weighted by Gasteiger charge is 2.02. The standard InChI is InChI=1S/C12H19N5.ClH/c1-15-11(13)16-12(14)17(2)9-8-10-6-4-3-5-7-10;/h3-7H,8-9H2,1-2H3,(H4,13,14,15,16);1H. The highest BCUT2D eigenvalue weighted by atomic mass is 35.5. The SMILES string of the molecule is CN=C(N)N=C(N)N(C)CCc1ccccc1.Cl. The lowest BCUT2D eigenvalue weighted by molar-refractivity contribution is 0.503. The van der Waals surface area contributed by atoms with E-state index >= 15 is 0 Å². The van der Waals surface area contributed by atoms with E-state index in [1.807, 2.05) is 30.1 Å². The number of halogens is 1. The molecule has 1 rings (SSSR count). The van der Waals surface area contributed by atoms with Gasteiger partial charge in [0.2, 0.25) is 5.96 Å². The van der Waals surface area contributed by atoms with Crippen molar-refractivity contribution in [3.8, 4) is 0 Å². The van der Waals surface area contributed by atoms with Crippen LogP contribution in [0.1, 0.15) is 5.56 Å². The lowest BCUT2D eigenvalue weighted by Crippen LogP contribution is -2.36. The van der Waals surface area contributed by atoms with Gasteiger partial charge in [-0.3, -0.25) is 4.99 Å². The normalized spacial score (nSPS) is 11.9. The lowest BCUT2D eigenvalue weighted by Gasteiger charge is -2.17. The molecule has 1 aromatic carbocycles. The van der Waals surface area contributed by atoms with E-state index < -0.39 is 0 Å². The molecular weight excluding hydrogens is 250 g/mol. The molecule has 0 saturated carbocycles. The topological polar surface area (TPSA) is 80.0 Å². The van der Waals surface area contributed by atoms with Crippen molar-refractivity contribution in [3.05, 3.63) is 35.9 Å². The summed E-state index contributed by atoms with van der Waals surface area (Å²) >= 11 is 0. The van der Waals surface area contributed by atoms with Crippen molar-refractivity contribution in [1.82, 2.24) is 4.90 Å². The molecule has 5 nitrogen and oxygen atoms in total. The highest BCUT2D eigenvalue weighted by Crippen LogP contribution is 2.00. The van der Waals surface area contributed by atoms with Crippen LogP contribution in [0, 0.1) is 0 Å². The van der Waals surface area contributed by atoms with Crippen LogP contribution in [0.4, 0.5) is 0 Å². The number of nitrogens with two attached hydrogens (primary N) is 2. The van der Waals surface area contributed by atoms with Crippen molar-refractivity contribution < 1.29 is 0 Å². The summed E-state index contributed by atoms with van der Waals surface area (Å²) in [5, 5.41) is 0. The van der Waals surface area contributed by atoms with E-state index in [-0.39, 0.29) is 18.4 Å². The smallest absolute Gasteiger partial charge is 0.218 e. The summed E-state index contributed by atoms with van der Waals surface area (Å²) in [7, 11) is 3.46. The summed E-state index contributed by atoms with van der Waals surface area (Å²) in [6.45, 7) is 0.788. The van der Waals surface area contributed by atoms with Gasteiger partial charge in [-0.15, -0.1) is 12.4 Å². The van der Waals surface area contributed by atoms with Crippen LogP contribution >= 0.6 is 12.4 Å². The second-order valence-corrected chi connectivity index (χ2v) is 3.71. The van der Waals surface area contributed by atoms with E-state index in [1.54, 1.807) is 7.05 Å². The van der Waals surface area contributed by atoms with E-state index in [0.717, 1.165) is 13.0 Å². The first-order valence-corrected chi connectivity index (χ1v) is 5.45. The first-order chi connectivity index (χ1) is 8.13. The number of likely N-dealkylation sites (N-methyl/N-ethyl adjacent to an activating group) is 1. The predicted molar refractivity (Wildman–Crippen MR) is 79.2 cm³/mol. The van der Waals surface area contributed by atoms with Gasteiger partial charge in [0.05, 0.1) is 0 Å². The first-order valence-electron chi connectivity index (χ1n) is 5.45. The average molecular weight is 270 g/mol. The van der Waals surface area contributed by atoms with Crippen LogP contribution in [-0.2, 0) is 6.42 Å².